The van der Waals surface area contributed by atoms with Crippen LogP contribution in [0.15, 0.2) is 119 Å². The molecule has 2 amide bonds. The molecular weight excluding hydrogens is 726 g/mol. The van der Waals surface area contributed by atoms with Gasteiger partial charge in [0.15, 0.2) is 23.1 Å². The molecule has 1 saturated carbocycles. The first kappa shape index (κ1) is 33.5. The molecule has 2 fully saturated rings. The molecule has 3 aliphatic carbocycles. The van der Waals surface area contributed by atoms with Gasteiger partial charge < -0.3 is 14.9 Å². The number of anilines is 1. The van der Waals surface area contributed by atoms with Crippen LogP contribution in [0.1, 0.15) is 45.8 Å². The van der Waals surface area contributed by atoms with Gasteiger partial charge in [0, 0.05) is 17.4 Å². The lowest BCUT2D eigenvalue weighted by atomic mass is 9.44. The molecule has 1 aliphatic heterocycles. The number of hydrogen-bond donors (Lipinski definition) is 2. The minimum Gasteiger partial charge on any atom is -0.503 e. The third-order valence-corrected chi connectivity index (χ3v) is 11.9. The topological polar surface area (TPSA) is 138 Å². The van der Waals surface area contributed by atoms with Crippen molar-refractivity contribution in [2.45, 2.75) is 24.2 Å². The fourth-order valence-corrected chi connectivity index (χ4v) is 9.66. The Labute approximate surface area is 307 Å². The summed E-state index contributed by atoms with van der Waals surface area (Å²) in [6.45, 7) is 0. The number of carboxylic acids is 1. The number of Topliss-reactive ketones (excluding diaryl/α,β-unsaturated/α-hetero) is 1. The Kier molecular flexibility index (Phi) is 8.10. The Bertz CT molecular complexity index is 2260. The Morgan fingerprint density at radius 1 is 0.885 bits per heavy atom. The van der Waals surface area contributed by atoms with Crippen LogP contribution >= 0.6 is 15.9 Å². The van der Waals surface area contributed by atoms with E-state index >= 15 is 9.59 Å². The zero-order valence-electron chi connectivity index (χ0n) is 27.9. The van der Waals surface area contributed by atoms with Crippen molar-refractivity contribution in [1.29, 1.82) is 0 Å². The van der Waals surface area contributed by atoms with Crippen molar-refractivity contribution >= 4 is 56.5 Å². The highest BCUT2D eigenvalue weighted by Crippen LogP contribution is 2.64. The standard InChI is InChI=1S/C42H32BrNO8/c1-52-33-19-24(18-32(43)38(33)47)36-27-15-16-28-35(40(49)44(39(28)48)26-14-8-11-23(17-26)41(50)51)30(27)20-31-37(46)29(22-9-4-2-5-10-22)21-34(45)42(31,36)25-12-6-3-7-13-25/h2-15,17-19,21,28,30-31,35-36,47H,16,20H2,1H3,(H,50,51). The fraction of sp³-hybridized carbons (Fsp3) is 0.214. The van der Waals surface area contributed by atoms with Crippen molar-refractivity contribution in [2.24, 2.45) is 23.7 Å². The number of aromatic hydroxyl groups is 1. The third-order valence-electron chi connectivity index (χ3n) is 11.3. The minimum atomic E-state index is -1.45. The SMILES string of the molecule is COc1cc(C2C3=CCC4C(=O)N(c5cccc(C(=O)O)c5)C(=O)C4C3CC3C(=O)C(c4ccccc4)=CC(=O)C32c2ccccc2)cc(Br)c1O. The van der Waals surface area contributed by atoms with Crippen molar-refractivity contribution in [3.63, 3.8) is 0 Å². The number of allylic oxidation sites excluding steroid dienone is 4. The Morgan fingerprint density at radius 2 is 1.60 bits per heavy atom. The fourth-order valence-electron chi connectivity index (χ4n) is 9.20. The monoisotopic (exact) mass is 757 g/mol. The minimum absolute atomic E-state index is 0.0597. The van der Waals surface area contributed by atoms with Gasteiger partial charge in [-0.15, -0.1) is 0 Å². The molecule has 9 nitrogen and oxygen atoms in total. The van der Waals surface area contributed by atoms with Crippen LogP contribution in [0.5, 0.6) is 11.5 Å². The highest BCUT2D eigenvalue weighted by molar-refractivity contribution is 9.10. The van der Waals surface area contributed by atoms with E-state index in [0.29, 0.717) is 21.2 Å². The van der Waals surface area contributed by atoms with Crippen LogP contribution in [0.2, 0.25) is 0 Å². The number of halogens is 1. The third kappa shape index (κ3) is 4.84. The van der Waals surface area contributed by atoms with Crippen LogP contribution in [0.3, 0.4) is 0 Å². The number of amides is 2. The van der Waals surface area contributed by atoms with Gasteiger partial charge >= 0.3 is 5.97 Å². The predicted molar refractivity (Wildman–Crippen MR) is 195 cm³/mol. The average molecular weight is 759 g/mol. The van der Waals surface area contributed by atoms with Crippen LogP contribution < -0.4 is 9.64 Å². The number of rotatable bonds is 6. The summed E-state index contributed by atoms with van der Waals surface area (Å²) in [5.41, 5.74) is 1.52. The summed E-state index contributed by atoms with van der Waals surface area (Å²) in [5.74, 6) is -6.57. The molecular formula is C42H32BrNO8. The number of carbonyl (C=O) groups excluding carboxylic acids is 4. The summed E-state index contributed by atoms with van der Waals surface area (Å²) < 4.78 is 5.89. The molecule has 1 saturated heterocycles. The average Bonchev–Trinajstić information content (AvgIpc) is 3.42. The van der Waals surface area contributed by atoms with Crippen LogP contribution in [-0.4, -0.2) is 46.7 Å². The van der Waals surface area contributed by atoms with E-state index in [2.05, 4.69) is 15.9 Å². The van der Waals surface area contributed by atoms with E-state index in [1.807, 2.05) is 42.5 Å². The van der Waals surface area contributed by atoms with Gasteiger partial charge in [0.2, 0.25) is 11.8 Å². The Balaban J connectivity index is 1.37. The number of hydrogen-bond acceptors (Lipinski definition) is 7. The summed E-state index contributed by atoms with van der Waals surface area (Å²) in [4.78, 5) is 71.8. The molecule has 0 bridgehead atoms. The van der Waals surface area contributed by atoms with Gasteiger partial charge in [-0.3, -0.25) is 24.1 Å². The molecule has 260 valence electrons. The molecule has 0 spiro atoms. The molecule has 0 aromatic heterocycles. The van der Waals surface area contributed by atoms with E-state index in [4.69, 9.17) is 4.74 Å². The van der Waals surface area contributed by atoms with Gasteiger partial charge in [-0.25, -0.2) is 4.79 Å². The van der Waals surface area contributed by atoms with Gasteiger partial charge in [0.25, 0.3) is 0 Å². The number of carbonyl (C=O) groups is 5. The number of carboxylic acid groups (broad SMARTS) is 1. The lowest BCUT2D eigenvalue weighted by molar-refractivity contribution is -0.135. The molecule has 6 unspecified atom stereocenters. The largest absolute Gasteiger partial charge is 0.503 e. The quantitative estimate of drug-likeness (QED) is 0.160. The van der Waals surface area contributed by atoms with Gasteiger partial charge in [-0.05, 0) is 87.8 Å². The van der Waals surface area contributed by atoms with Crippen molar-refractivity contribution in [3.8, 4) is 11.5 Å². The molecule has 52 heavy (non-hydrogen) atoms. The highest BCUT2D eigenvalue weighted by atomic mass is 79.9. The summed E-state index contributed by atoms with van der Waals surface area (Å²) in [6, 6.07) is 27.4. The molecule has 4 aliphatic rings. The predicted octanol–water partition coefficient (Wildman–Crippen LogP) is 6.89. The molecule has 4 aromatic carbocycles. The lowest BCUT2D eigenvalue weighted by Gasteiger charge is -2.55. The first-order valence-corrected chi connectivity index (χ1v) is 17.8. The van der Waals surface area contributed by atoms with Gasteiger partial charge in [0.05, 0.1) is 40.1 Å². The maximum atomic E-state index is 15.2. The molecule has 10 heteroatoms. The lowest BCUT2D eigenvalue weighted by Crippen LogP contribution is -2.58. The van der Waals surface area contributed by atoms with Crippen molar-refractivity contribution in [1.82, 2.24) is 0 Å². The summed E-state index contributed by atoms with van der Waals surface area (Å²) in [5, 5.41) is 20.5. The smallest absolute Gasteiger partial charge is 0.335 e. The number of aromatic carboxylic acids is 1. The number of benzene rings is 4. The van der Waals surface area contributed by atoms with Gasteiger partial charge in [0.1, 0.15) is 0 Å². The van der Waals surface area contributed by atoms with Crippen LogP contribution in [-0.2, 0) is 24.6 Å². The zero-order valence-corrected chi connectivity index (χ0v) is 29.4. The number of methoxy groups -OCH3 is 1. The highest BCUT2D eigenvalue weighted by Gasteiger charge is 2.66. The number of phenols is 1. The first-order chi connectivity index (χ1) is 25.1. The number of fused-ring (bicyclic) bond motifs is 4. The second-order valence-electron chi connectivity index (χ2n) is 13.7. The summed E-state index contributed by atoms with van der Waals surface area (Å²) in [6.07, 6.45) is 3.72. The number of ether oxygens (including phenoxy) is 1. The molecule has 1 heterocycles. The maximum Gasteiger partial charge on any atom is 0.335 e. The van der Waals surface area contributed by atoms with E-state index in [-0.39, 0.29) is 52.7 Å². The van der Waals surface area contributed by atoms with Crippen LogP contribution in [0.25, 0.3) is 5.57 Å². The second kappa shape index (κ2) is 12.6. The molecule has 0 radical (unpaired) electrons. The van der Waals surface area contributed by atoms with E-state index in [0.717, 1.165) is 10.5 Å². The molecule has 6 atom stereocenters. The second-order valence-corrected chi connectivity index (χ2v) is 14.6. The van der Waals surface area contributed by atoms with E-state index in [9.17, 15) is 24.6 Å². The number of imide groups is 1. The first-order valence-electron chi connectivity index (χ1n) is 17.0. The summed E-state index contributed by atoms with van der Waals surface area (Å²) >= 11 is 3.47. The van der Waals surface area contributed by atoms with Crippen LogP contribution in [0, 0.1) is 23.7 Å². The van der Waals surface area contributed by atoms with E-state index in [1.54, 1.807) is 42.5 Å². The number of phenolic OH excluding ortho intramolecular Hbond substituents is 1. The van der Waals surface area contributed by atoms with E-state index < -0.39 is 52.8 Å². The van der Waals surface area contributed by atoms with Gasteiger partial charge in [-0.1, -0.05) is 78.4 Å². The van der Waals surface area contributed by atoms with Crippen molar-refractivity contribution in [3.05, 3.63) is 142 Å². The molecule has 8 rings (SSSR count). The normalized spacial score (nSPS) is 26.6. The maximum absolute atomic E-state index is 15.2. The number of ketones is 2. The number of nitrogens with zero attached hydrogens (tertiary/aromatic N) is 1. The van der Waals surface area contributed by atoms with Crippen molar-refractivity contribution < 1.29 is 38.9 Å². The van der Waals surface area contributed by atoms with E-state index in [1.165, 1.54) is 31.4 Å². The van der Waals surface area contributed by atoms with Crippen LogP contribution in [0.4, 0.5) is 5.69 Å². The molecule has 4 aromatic rings. The summed E-state index contributed by atoms with van der Waals surface area (Å²) in [7, 11) is 1.43. The Hall–Kier alpha value is -5.61. The molecule has 2 N–H and O–H groups in total. The van der Waals surface area contributed by atoms with Crippen molar-refractivity contribution in [2.75, 3.05) is 12.0 Å². The Morgan fingerprint density at radius 3 is 2.29 bits per heavy atom. The zero-order chi connectivity index (χ0) is 36.5. The van der Waals surface area contributed by atoms with Gasteiger partial charge in [-0.2, -0.15) is 0 Å².